The third-order valence-electron chi connectivity index (χ3n) is 4.20. The summed E-state index contributed by atoms with van der Waals surface area (Å²) < 4.78 is 26.1. The van der Waals surface area contributed by atoms with Crippen LogP contribution in [0.4, 0.5) is 0 Å². The molecule has 1 fully saturated rings. The van der Waals surface area contributed by atoms with E-state index in [2.05, 4.69) is 22.4 Å². The summed E-state index contributed by atoms with van der Waals surface area (Å²) in [6, 6.07) is 0.0587. The van der Waals surface area contributed by atoms with Crippen molar-refractivity contribution in [3.63, 3.8) is 0 Å². The number of amides is 1. The highest BCUT2D eigenvalue weighted by atomic mass is 32.2. The molecule has 21 heavy (non-hydrogen) atoms. The summed E-state index contributed by atoms with van der Waals surface area (Å²) in [5.41, 5.74) is 0. The fourth-order valence-electron chi connectivity index (χ4n) is 2.66. The molecule has 0 unspecified atom stereocenters. The van der Waals surface area contributed by atoms with E-state index in [1.807, 2.05) is 0 Å². The molecule has 0 bridgehead atoms. The van der Waals surface area contributed by atoms with Gasteiger partial charge in [0.15, 0.2) is 0 Å². The normalized spacial score (nSPS) is 24.5. The van der Waals surface area contributed by atoms with Gasteiger partial charge >= 0.3 is 0 Å². The predicted octanol–water partition coefficient (Wildman–Crippen LogP) is 0.672. The lowest BCUT2D eigenvalue weighted by molar-refractivity contribution is -0.121. The van der Waals surface area contributed by atoms with Gasteiger partial charge in [-0.3, -0.25) is 4.79 Å². The average molecular weight is 314 g/mol. The van der Waals surface area contributed by atoms with Crippen molar-refractivity contribution < 1.29 is 13.2 Å². The van der Waals surface area contributed by atoms with Gasteiger partial charge in [0.1, 0.15) is 11.6 Å². The Hall–Kier alpha value is -1.44. The zero-order chi connectivity index (χ0) is 15.6. The molecule has 1 saturated carbocycles. The van der Waals surface area contributed by atoms with Crippen molar-refractivity contribution in [2.75, 3.05) is 0 Å². The van der Waals surface area contributed by atoms with Crippen LogP contribution in [-0.2, 0) is 21.7 Å². The number of hydrogen-bond acceptors (Lipinski definition) is 5. The molecular formula is C13H22N4O3S. The lowest BCUT2D eigenvalue weighted by atomic mass is 9.86. The lowest BCUT2D eigenvalue weighted by Gasteiger charge is -2.30. The van der Waals surface area contributed by atoms with E-state index in [-0.39, 0.29) is 11.2 Å². The Kier molecular flexibility index (Phi) is 4.65. The minimum Gasteiger partial charge on any atom is -0.352 e. The highest BCUT2D eigenvalue weighted by Crippen LogP contribution is 2.24. The molecule has 1 aliphatic rings. The van der Waals surface area contributed by atoms with Gasteiger partial charge in [-0.1, -0.05) is 19.8 Å². The number of nitrogens with zero attached hydrogens (tertiary/aromatic N) is 3. The first-order chi connectivity index (χ1) is 9.84. The van der Waals surface area contributed by atoms with Gasteiger partial charge in [0.2, 0.25) is 20.9 Å². The van der Waals surface area contributed by atoms with Crippen LogP contribution in [-0.4, -0.2) is 40.4 Å². The number of carbonyl (C=O) groups excluding carboxylic acids is 1. The predicted molar refractivity (Wildman–Crippen MR) is 77.2 cm³/mol. The zero-order valence-corrected chi connectivity index (χ0v) is 13.4. The van der Waals surface area contributed by atoms with E-state index in [0.717, 1.165) is 19.3 Å². The molecule has 118 valence electrons. The second-order valence-corrected chi connectivity index (χ2v) is 7.95. The standard InChI is InChI=1S/C13H22N4O3S/c1-9-6-4-5-7-11(9)15-12(18)10(2)21(19,20)13-16-14-8-17(13)3/h8-11H,4-7H2,1-3H3,(H,15,18)/t9-,10+,11+/m1/s1. The van der Waals surface area contributed by atoms with Gasteiger partial charge in [0.05, 0.1) is 0 Å². The molecule has 1 aliphatic carbocycles. The highest BCUT2D eigenvalue weighted by molar-refractivity contribution is 7.92. The first-order valence-corrected chi connectivity index (χ1v) is 8.77. The Morgan fingerprint density at radius 2 is 2.10 bits per heavy atom. The monoisotopic (exact) mass is 314 g/mol. The van der Waals surface area contributed by atoms with E-state index in [9.17, 15) is 13.2 Å². The number of sulfone groups is 1. The van der Waals surface area contributed by atoms with Crippen LogP contribution in [0.1, 0.15) is 39.5 Å². The summed E-state index contributed by atoms with van der Waals surface area (Å²) in [5.74, 6) is -0.0795. The van der Waals surface area contributed by atoms with Gasteiger partial charge in [0, 0.05) is 13.1 Å². The molecule has 0 aliphatic heterocycles. The summed E-state index contributed by atoms with van der Waals surface area (Å²) in [7, 11) is -2.27. The Bertz CT molecular complexity index is 611. The summed E-state index contributed by atoms with van der Waals surface area (Å²) >= 11 is 0. The largest absolute Gasteiger partial charge is 0.352 e. The van der Waals surface area contributed by atoms with Crippen LogP contribution in [0.25, 0.3) is 0 Å². The molecule has 0 aromatic carbocycles. The number of hydrogen-bond donors (Lipinski definition) is 1. The van der Waals surface area contributed by atoms with Crippen LogP contribution in [0.3, 0.4) is 0 Å². The first kappa shape index (κ1) is 15.9. The van der Waals surface area contributed by atoms with Gasteiger partial charge < -0.3 is 9.88 Å². The van der Waals surface area contributed by atoms with Gasteiger partial charge in [-0.15, -0.1) is 10.2 Å². The molecule has 7 nitrogen and oxygen atoms in total. The third kappa shape index (κ3) is 3.25. The Morgan fingerprint density at radius 3 is 2.67 bits per heavy atom. The van der Waals surface area contributed by atoms with Crippen molar-refractivity contribution in [3.05, 3.63) is 6.33 Å². The van der Waals surface area contributed by atoms with Crippen molar-refractivity contribution in [2.45, 2.75) is 56.0 Å². The average Bonchev–Trinajstić information content (AvgIpc) is 2.87. The number of aryl methyl sites for hydroxylation is 1. The summed E-state index contributed by atoms with van der Waals surface area (Å²) in [6.45, 7) is 3.48. The summed E-state index contributed by atoms with van der Waals surface area (Å²) in [6.07, 6.45) is 5.51. The van der Waals surface area contributed by atoms with Crippen LogP contribution in [0.2, 0.25) is 0 Å². The van der Waals surface area contributed by atoms with Crippen molar-refractivity contribution in [1.82, 2.24) is 20.1 Å². The van der Waals surface area contributed by atoms with E-state index in [1.54, 1.807) is 7.05 Å². The fraction of sp³-hybridized carbons (Fsp3) is 0.769. The van der Waals surface area contributed by atoms with Crippen LogP contribution in [0.5, 0.6) is 0 Å². The van der Waals surface area contributed by atoms with Gasteiger partial charge in [-0.25, -0.2) is 8.42 Å². The van der Waals surface area contributed by atoms with Crippen molar-refractivity contribution in [2.24, 2.45) is 13.0 Å². The lowest BCUT2D eigenvalue weighted by Crippen LogP contribution is -2.47. The quantitative estimate of drug-likeness (QED) is 0.881. The molecule has 1 N–H and O–H groups in total. The maximum Gasteiger partial charge on any atom is 0.250 e. The molecule has 1 aromatic rings. The van der Waals surface area contributed by atoms with E-state index in [1.165, 1.54) is 24.2 Å². The summed E-state index contributed by atoms with van der Waals surface area (Å²) in [4.78, 5) is 12.3. The highest BCUT2D eigenvalue weighted by Gasteiger charge is 2.35. The smallest absolute Gasteiger partial charge is 0.250 e. The van der Waals surface area contributed by atoms with E-state index < -0.39 is 21.0 Å². The zero-order valence-electron chi connectivity index (χ0n) is 12.6. The van der Waals surface area contributed by atoms with E-state index >= 15 is 0 Å². The molecule has 3 atom stereocenters. The molecule has 0 spiro atoms. The molecule has 1 amide bonds. The van der Waals surface area contributed by atoms with Crippen LogP contribution >= 0.6 is 0 Å². The van der Waals surface area contributed by atoms with Gasteiger partial charge in [0.25, 0.3) is 0 Å². The number of carbonyl (C=O) groups is 1. The van der Waals surface area contributed by atoms with Crippen LogP contribution < -0.4 is 5.32 Å². The molecular weight excluding hydrogens is 292 g/mol. The molecule has 0 saturated heterocycles. The number of nitrogens with one attached hydrogen (secondary N) is 1. The van der Waals surface area contributed by atoms with Crippen molar-refractivity contribution in [3.8, 4) is 0 Å². The minimum absolute atomic E-state index is 0.0587. The van der Waals surface area contributed by atoms with Gasteiger partial charge in [-0.2, -0.15) is 0 Å². The second-order valence-electron chi connectivity index (χ2n) is 5.79. The minimum atomic E-state index is -3.82. The maximum atomic E-state index is 12.4. The number of rotatable bonds is 4. The van der Waals surface area contributed by atoms with Crippen LogP contribution in [0, 0.1) is 5.92 Å². The Balaban J connectivity index is 2.10. The fourth-order valence-corrected chi connectivity index (χ4v) is 3.94. The molecule has 8 heteroatoms. The van der Waals surface area contributed by atoms with Crippen molar-refractivity contribution >= 4 is 15.7 Å². The molecule has 1 aromatic heterocycles. The molecule has 1 heterocycles. The Labute approximate surface area is 125 Å². The molecule has 2 rings (SSSR count). The van der Waals surface area contributed by atoms with E-state index in [4.69, 9.17) is 0 Å². The van der Waals surface area contributed by atoms with Crippen LogP contribution in [0.15, 0.2) is 11.5 Å². The molecule has 0 radical (unpaired) electrons. The first-order valence-electron chi connectivity index (χ1n) is 7.22. The van der Waals surface area contributed by atoms with Crippen molar-refractivity contribution in [1.29, 1.82) is 0 Å². The van der Waals surface area contributed by atoms with Gasteiger partial charge in [-0.05, 0) is 25.7 Å². The van der Waals surface area contributed by atoms with E-state index in [0.29, 0.717) is 5.92 Å². The third-order valence-corrected chi connectivity index (χ3v) is 6.22. The second kappa shape index (κ2) is 6.13. The topological polar surface area (TPSA) is 93.9 Å². The number of aromatic nitrogens is 3. The summed E-state index contributed by atoms with van der Waals surface area (Å²) in [5, 5.41) is 8.69. The Morgan fingerprint density at radius 1 is 1.43 bits per heavy atom. The maximum absolute atomic E-state index is 12.4. The SMILES string of the molecule is C[C@@H]1CCCC[C@@H]1NC(=O)[C@H](C)S(=O)(=O)c1nncn1C.